The molecule has 100 valence electrons. The standard InChI is InChI=1S/C16H20N2O/c1-2-9-19-15-5-3-14(4-6-15)10-18-8-7-16(13-18)11-17-12-16/h1,3-6,17H,7-13H2. The van der Waals surface area contributed by atoms with Crippen LogP contribution in [-0.2, 0) is 6.54 Å². The predicted octanol–water partition coefficient (Wildman–Crippen LogP) is 1.49. The van der Waals surface area contributed by atoms with Crippen molar-refractivity contribution in [3.05, 3.63) is 29.8 Å². The van der Waals surface area contributed by atoms with Crippen molar-refractivity contribution in [3.63, 3.8) is 0 Å². The molecule has 1 aromatic carbocycles. The molecule has 0 aliphatic carbocycles. The van der Waals surface area contributed by atoms with Gasteiger partial charge in [-0.05, 0) is 30.7 Å². The number of nitrogens with zero attached hydrogens (tertiary/aromatic N) is 1. The normalized spacial score (nSPS) is 21.0. The zero-order chi connectivity index (χ0) is 13.1. The monoisotopic (exact) mass is 256 g/mol. The van der Waals surface area contributed by atoms with Crippen molar-refractivity contribution in [1.82, 2.24) is 10.2 Å². The van der Waals surface area contributed by atoms with Gasteiger partial charge in [-0.1, -0.05) is 18.1 Å². The van der Waals surface area contributed by atoms with Gasteiger partial charge in [-0.25, -0.2) is 0 Å². The average molecular weight is 256 g/mol. The van der Waals surface area contributed by atoms with E-state index in [0.29, 0.717) is 12.0 Å². The minimum atomic E-state index is 0.334. The van der Waals surface area contributed by atoms with E-state index >= 15 is 0 Å². The second kappa shape index (κ2) is 5.24. The Bertz CT molecular complexity index is 471. The van der Waals surface area contributed by atoms with E-state index in [-0.39, 0.29) is 0 Å². The maximum absolute atomic E-state index is 5.38. The molecule has 3 rings (SSSR count). The predicted molar refractivity (Wildman–Crippen MR) is 76.0 cm³/mol. The van der Waals surface area contributed by atoms with Gasteiger partial charge >= 0.3 is 0 Å². The van der Waals surface area contributed by atoms with Crippen molar-refractivity contribution >= 4 is 0 Å². The number of nitrogens with one attached hydrogen (secondary N) is 1. The molecule has 3 heteroatoms. The van der Waals surface area contributed by atoms with Crippen LogP contribution in [0.4, 0.5) is 0 Å². The van der Waals surface area contributed by atoms with Crippen molar-refractivity contribution < 1.29 is 4.74 Å². The SMILES string of the molecule is C#CCOc1ccc(CN2CCC3(CNC3)C2)cc1. The first kappa shape index (κ1) is 12.5. The smallest absolute Gasteiger partial charge is 0.148 e. The van der Waals surface area contributed by atoms with Gasteiger partial charge in [0.2, 0.25) is 0 Å². The summed E-state index contributed by atoms with van der Waals surface area (Å²) in [6, 6.07) is 8.28. The van der Waals surface area contributed by atoms with Crippen molar-refractivity contribution in [2.24, 2.45) is 5.41 Å². The van der Waals surface area contributed by atoms with E-state index in [2.05, 4.69) is 28.3 Å². The van der Waals surface area contributed by atoms with Gasteiger partial charge in [0, 0.05) is 31.6 Å². The number of ether oxygens (including phenoxy) is 1. The van der Waals surface area contributed by atoms with Gasteiger partial charge in [0.25, 0.3) is 0 Å². The summed E-state index contributed by atoms with van der Waals surface area (Å²) in [6.07, 6.45) is 6.51. The van der Waals surface area contributed by atoms with E-state index in [1.165, 1.54) is 38.2 Å². The molecule has 3 nitrogen and oxygen atoms in total. The summed E-state index contributed by atoms with van der Waals surface area (Å²) in [7, 11) is 0. The Morgan fingerprint density at radius 3 is 2.68 bits per heavy atom. The van der Waals surface area contributed by atoms with Crippen LogP contribution >= 0.6 is 0 Å². The van der Waals surface area contributed by atoms with E-state index < -0.39 is 0 Å². The van der Waals surface area contributed by atoms with Crippen molar-refractivity contribution in [2.75, 3.05) is 32.8 Å². The minimum Gasteiger partial charge on any atom is -0.481 e. The van der Waals surface area contributed by atoms with E-state index in [9.17, 15) is 0 Å². The van der Waals surface area contributed by atoms with E-state index in [1.54, 1.807) is 0 Å². The molecule has 0 atom stereocenters. The number of likely N-dealkylation sites (tertiary alicyclic amines) is 1. The summed E-state index contributed by atoms with van der Waals surface area (Å²) in [5.74, 6) is 3.32. The topological polar surface area (TPSA) is 24.5 Å². The largest absolute Gasteiger partial charge is 0.481 e. The van der Waals surface area contributed by atoms with Gasteiger partial charge in [0.15, 0.2) is 0 Å². The highest BCUT2D eigenvalue weighted by atomic mass is 16.5. The lowest BCUT2D eigenvalue weighted by Crippen LogP contribution is -2.54. The number of terminal acetylenes is 1. The summed E-state index contributed by atoms with van der Waals surface area (Å²) in [6.45, 7) is 6.22. The second-order valence-electron chi connectivity index (χ2n) is 5.70. The van der Waals surface area contributed by atoms with Gasteiger partial charge < -0.3 is 10.1 Å². The lowest BCUT2D eigenvalue weighted by atomic mass is 9.81. The molecule has 0 bridgehead atoms. The van der Waals surface area contributed by atoms with Gasteiger partial charge in [-0.2, -0.15) is 0 Å². The summed E-state index contributed by atoms with van der Waals surface area (Å²) >= 11 is 0. The lowest BCUT2D eigenvalue weighted by Gasteiger charge is -2.39. The maximum Gasteiger partial charge on any atom is 0.148 e. The second-order valence-corrected chi connectivity index (χ2v) is 5.70. The van der Waals surface area contributed by atoms with Gasteiger partial charge in [0.1, 0.15) is 12.4 Å². The molecule has 0 saturated carbocycles. The Morgan fingerprint density at radius 2 is 2.11 bits per heavy atom. The van der Waals surface area contributed by atoms with Crippen LogP contribution in [0.5, 0.6) is 5.75 Å². The minimum absolute atomic E-state index is 0.334. The molecule has 0 unspecified atom stereocenters. The van der Waals surface area contributed by atoms with Crippen LogP contribution in [0.2, 0.25) is 0 Å². The highest BCUT2D eigenvalue weighted by Gasteiger charge is 2.42. The Kier molecular flexibility index (Phi) is 3.46. The molecule has 19 heavy (non-hydrogen) atoms. The Balaban J connectivity index is 1.54. The van der Waals surface area contributed by atoms with E-state index in [0.717, 1.165) is 12.3 Å². The zero-order valence-corrected chi connectivity index (χ0v) is 11.2. The third kappa shape index (κ3) is 2.75. The zero-order valence-electron chi connectivity index (χ0n) is 11.2. The molecular formula is C16H20N2O. The molecule has 2 aliphatic rings. The molecule has 0 radical (unpaired) electrons. The van der Waals surface area contributed by atoms with Crippen LogP contribution in [0.1, 0.15) is 12.0 Å². The van der Waals surface area contributed by atoms with Gasteiger partial charge in [-0.3, -0.25) is 4.90 Å². The third-order valence-corrected chi connectivity index (χ3v) is 4.17. The molecular weight excluding hydrogens is 236 g/mol. The molecule has 1 spiro atoms. The molecule has 2 aliphatic heterocycles. The average Bonchev–Trinajstić information content (AvgIpc) is 2.82. The van der Waals surface area contributed by atoms with Crippen LogP contribution in [0, 0.1) is 17.8 Å². The number of hydrogen-bond donors (Lipinski definition) is 1. The summed E-state index contributed by atoms with van der Waals surface area (Å²) in [5, 5.41) is 3.40. The van der Waals surface area contributed by atoms with Crippen LogP contribution in [0.15, 0.2) is 24.3 Å². The van der Waals surface area contributed by atoms with Crippen LogP contribution in [-0.4, -0.2) is 37.7 Å². The van der Waals surface area contributed by atoms with Gasteiger partial charge in [-0.15, -0.1) is 6.42 Å². The van der Waals surface area contributed by atoms with Crippen LogP contribution < -0.4 is 10.1 Å². The van der Waals surface area contributed by atoms with E-state index in [1.807, 2.05) is 12.1 Å². The highest BCUT2D eigenvalue weighted by molar-refractivity contribution is 5.27. The molecule has 0 aromatic heterocycles. The number of hydrogen-bond acceptors (Lipinski definition) is 3. The fourth-order valence-corrected chi connectivity index (χ4v) is 3.00. The quantitative estimate of drug-likeness (QED) is 0.826. The first-order valence-corrected chi connectivity index (χ1v) is 6.88. The van der Waals surface area contributed by atoms with Crippen LogP contribution in [0.25, 0.3) is 0 Å². The molecule has 2 fully saturated rings. The molecule has 1 N–H and O–H groups in total. The third-order valence-electron chi connectivity index (χ3n) is 4.17. The van der Waals surface area contributed by atoms with Crippen LogP contribution in [0.3, 0.4) is 0 Å². The molecule has 2 saturated heterocycles. The first-order valence-electron chi connectivity index (χ1n) is 6.88. The first-order chi connectivity index (χ1) is 9.30. The van der Waals surface area contributed by atoms with Crippen molar-refractivity contribution in [3.8, 4) is 18.1 Å². The summed E-state index contributed by atoms with van der Waals surface area (Å²) in [4.78, 5) is 2.55. The molecule has 1 aromatic rings. The Hall–Kier alpha value is -1.50. The molecule has 2 heterocycles. The molecule has 0 amide bonds. The summed E-state index contributed by atoms with van der Waals surface area (Å²) in [5.41, 5.74) is 1.92. The summed E-state index contributed by atoms with van der Waals surface area (Å²) < 4.78 is 5.38. The Labute approximate surface area is 114 Å². The fraction of sp³-hybridized carbons (Fsp3) is 0.500. The Morgan fingerprint density at radius 1 is 1.32 bits per heavy atom. The van der Waals surface area contributed by atoms with Crippen molar-refractivity contribution in [1.29, 1.82) is 0 Å². The maximum atomic E-state index is 5.38. The number of rotatable bonds is 4. The number of benzene rings is 1. The van der Waals surface area contributed by atoms with Gasteiger partial charge in [0.05, 0.1) is 0 Å². The van der Waals surface area contributed by atoms with Crippen molar-refractivity contribution in [2.45, 2.75) is 13.0 Å². The lowest BCUT2D eigenvalue weighted by molar-refractivity contribution is 0.167. The van der Waals surface area contributed by atoms with E-state index in [4.69, 9.17) is 11.2 Å². The highest BCUT2D eigenvalue weighted by Crippen LogP contribution is 2.34. The fourth-order valence-electron chi connectivity index (χ4n) is 3.00.